The Morgan fingerprint density at radius 1 is 1.29 bits per heavy atom. The number of Topliss-reactive ketones (excluding diaryl/α,β-unsaturated/α-hetero) is 1. The van der Waals surface area contributed by atoms with E-state index >= 15 is 0 Å². The summed E-state index contributed by atoms with van der Waals surface area (Å²) in [6, 6.07) is 3.38. The van der Waals surface area contributed by atoms with Gasteiger partial charge in [0.25, 0.3) is 5.91 Å². The number of aromatic nitrogens is 2. The van der Waals surface area contributed by atoms with Gasteiger partial charge in [0.2, 0.25) is 11.4 Å². The Labute approximate surface area is 120 Å². The Morgan fingerprint density at radius 2 is 2.00 bits per heavy atom. The number of likely N-dealkylation sites (N-methyl/N-ethyl adjacent to an activating group) is 1. The number of anilines is 1. The van der Waals surface area contributed by atoms with Crippen molar-refractivity contribution in [2.24, 2.45) is 0 Å². The Hall–Kier alpha value is -2.70. The molecule has 1 aliphatic heterocycles. The summed E-state index contributed by atoms with van der Waals surface area (Å²) in [5.74, 6) is -1.29. The molecule has 21 heavy (non-hydrogen) atoms. The minimum Gasteiger partial charge on any atom is -0.345 e. The quantitative estimate of drug-likeness (QED) is 0.797. The lowest BCUT2D eigenvalue weighted by molar-refractivity contribution is -0.149. The molecule has 0 fully saturated rings. The van der Waals surface area contributed by atoms with E-state index < -0.39 is 17.2 Å². The van der Waals surface area contributed by atoms with Crippen LogP contribution in [0.1, 0.15) is 19.4 Å². The van der Waals surface area contributed by atoms with Crippen molar-refractivity contribution in [3.05, 3.63) is 24.0 Å². The van der Waals surface area contributed by atoms with Crippen molar-refractivity contribution in [3.63, 3.8) is 0 Å². The number of carbonyl (C=O) groups excluding carboxylic acids is 3. The lowest BCUT2D eigenvalue weighted by atomic mass is 9.85. The molecule has 2 amide bonds. The van der Waals surface area contributed by atoms with Crippen molar-refractivity contribution in [1.82, 2.24) is 14.9 Å². The highest BCUT2D eigenvalue weighted by Crippen LogP contribution is 2.42. The number of hydrogen-bond acceptors (Lipinski definition) is 4. The molecule has 1 aromatic carbocycles. The van der Waals surface area contributed by atoms with Gasteiger partial charge in [-0.2, -0.15) is 0 Å². The first-order valence-electron chi connectivity index (χ1n) is 6.43. The first-order chi connectivity index (χ1) is 9.88. The van der Waals surface area contributed by atoms with Crippen LogP contribution in [0.3, 0.4) is 0 Å². The number of nitrogens with one attached hydrogen (secondary N) is 2. The van der Waals surface area contributed by atoms with Crippen LogP contribution in [0.2, 0.25) is 0 Å². The van der Waals surface area contributed by atoms with Gasteiger partial charge in [0.1, 0.15) is 0 Å². The van der Waals surface area contributed by atoms with Crippen LogP contribution in [0, 0.1) is 0 Å². The molecule has 0 radical (unpaired) electrons. The van der Waals surface area contributed by atoms with Crippen molar-refractivity contribution in [3.8, 4) is 0 Å². The number of hydrogen-bond donors (Lipinski definition) is 2. The SMILES string of the molecule is CC(=O)N(C)C1(C(C)=O)C(=O)Nc2cc3nc[nH]c3cc21. The number of benzene rings is 1. The summed E-state index contributed by atoms with van der Waals surface area (Å²) in [5.41, 5.74) is 0.726. The Balaban J connectivity index is 2.34. The van der Waals surface area contributed by atoms with Crippen LogP contribution in [0.4, 0.5) is 5.69 Å². The first kappa shape index (κ1) is 13.3. The second-order valence-electron chi connectivity index (χ2n) is 5.12. The van der Waals surface area contributed by atoms with Crippen LogP contribution in [-0.2, 0) is 19.9 Å². The lowest BCUT2D eigenvalue weighted by Gasteiger charge is -2.34. The van der Waals surface area contributed by atoms with E-state index in [4.69, 9.17) is 0 Å². The van der Waals surface area contributed by atoms with Crippen LogP contribution < -0.4 is 5.32 Å². The van der Waals surface area contributed by atoms with Gasteiger partial charge >= 0.3 is 0 Å². The zero-order valence-electron chi connectivity index (χ0n) is 11.9. The molecular weight excluding hydrogens is 272 g/mol. The largest absolute Gasteiger partial charge is 0.345 e. The predicted octanol–water partition coefficient (Wildman–Crippen LogP) is 0.778. The number of nitrogens with zero attached hydrogens (tertiary/aromatic N) is 2. The number of aromatic amines is 1. The molecule has 1 unspecified atom stereocenters. The minimum absolute atomic E-state index is 0.363. The molecular formula is C14H14N4O3. The summed E-state index contributed by atoms with van der Waals surface area (Å²) in [6.07, 6.45) is 1.53. The number of rotatable bonds is 2. The molecule has 1 atom stereocenters. The molecule has 0 saturated carbocycles. The molecule has 2 aromatic rings. The predicted molar refractivity (Wildman–Crippen MR) is 75.5 cm³/mol. The van der Waals surface area contributed by atoms with Crippen molar-refractivity contribution in [2.75, 3.05) is 12.4 Å². The van der Waals surface area contributed by atoms with Gasteiger partial charge < -0.3 is 15.2 Å². The Bertz CT molecular complexity index is 795. The Morgan fingerprint density at radius 3 is 2.62 bits per heavy atom. The average Bonchev–Trinajstić information content (AvgIpc) is 2.96. The smallest absolute Gasteiger partial charge is 0.262 e. The van der Waals surface area contributed by atoms with Crippen LogP contribution in [0.15, 0.2) is 18.5 Å². The first-order valence-corrected chi connectivity index (χ1v) is 6.43. The highest BCUT2D eigenvalue weighted by Gasteiger charge is 2.55. The van der Waals surface area contributed by atoms with E-state index in [0.29, 0.717) is 22.3 Å². The molecule has 2 N–H and O–H groups in total. The molecule has 0 spiro atoms. The van der Waals surface area contributed by atoms with E-state index in [-0.39, 0.29) is 5.91 Å². The zero-order chi connectivity index (χ0) is 15.4. The molecule has 0 saturated heterocycles. The van der Waals surface area contributed by atoms with Gasteiger partial charge in [-0.15, -0.1) is 0 Å². The van der Waals surface area contributed by atoms with Crippen molar-refractivity contribution >= 4 is 34.3 Å². The highest BCUT2D eigenvalue weighted by atomic mass is 16.2. The van der Waals surface area contributed by atoms with Gasteiger partial charge in [0.05, 0.1) is 17.4 Å². The van der Waals surface area contributed by atoms with E-state index in [1.165, 1.54) is 32.1 Å². The third-order valence-electron chi connectivity index (χ3n) is 4.01. The second-order valence-corrected chi connectivity index (χ2v) is 5.12. The molecule has 7 heteroatoms. The number of carbonyl (C=O) groups is 3. The van der Waals surface area contributed by atoms with Crippen LogP contribution in [0.5, 0.6) is 0 Å². The fourth-order valence-corrected chi connectivity index (χ4v) is 2.87. The third-order valence-corrected chi connectivity index (χ3v) is 4.01. The van der Waals surface area contributed by atoms with Crippen LogP contribution in [-0.4, -0.2) is 39.5 Å². The van der Waals surface area contributed by atoms with Crippen molar-refractivity contribution in [2.45, 2.75) is 19.4 Å². The highest BCUT2D eigenvalue weighted by molar-refractivity contribution is 6.22. The van der Waals surface area contributed by atoms with E-state index in [2.05, 4.69) is 15.3 Å². The second kappa shape index (κ2) is 4.15. The number of imidazole rings is 1. The molecule has 7 nitrogen and oxygen atoms in total. The van der Waals surface area contributed by atoms with Crippen molar-refractivity contribution in [1.29, 1.82) is 0 Å². The van der Waals surface area contributed by atoms with Gasteiger partial charge in [-0.05, 0) is 19.1 Å². The summed E-state index contributed by atoms with van der Waals surface area (Å²) < 4.78 is 0. The molecule has 2 heterocycles. The summed E-state index contributed by atoms with van der Waals surface area (Å²) in [4.78, 5) is 44.8. The summed E-state index contributed by atoms with van der Waals surface area (Å²) >= 11 is 0. The van der Waals surface area contributed by atoms with Crippen LogP contribution >= 0.6 is 0 Å². The zero-order valence-corrected chi connectivity index (χ0v) is 11.9. The topological polar surface area (TPSA) is 95.2 Å². The normalized spacial score (nSPS) is 20.2. The fourth-order valence-electron chi connectivity index (χ4n) is 2.87. The van der Waals surface area contributed by atoms with Crippen LogP contribution in [0.25, 0.3) is 11.0 Å². The van der Waals surface area contributed by atoms with E-state index in [1.54, 1.807) is 12.1 Å². The van der Waals surface area contributed by atoms with Crippen molar-refractivity contribution < 1.29 is 14.4 Å². The number of ketones is 1. The molecule has 3 rings (SSSR count). The van der Waals surface area contributed by atoms with Gasteiger partial charge in [-0.1, -0.05) is 0 Å². The molecule has 108 valence electrons. The molecule has 1 aliphatic rings. The summed E-state index contributed by atoms with van der Waals surface area (Å²) in [7, 11) is 1.45. The number of fused-ring (bicyclic) bond motifs is 2. The average molecular weight is 286 g/mol. The third kappa shape index (κ3) is 1.54. The number of H-pyrrole nitrogens is 1. The maximum Gasteiger partial charge on any atom is 0.262 e. The monoisotopic (exact) mass is 286 g/mol. The molecule has 0 aliphatic carbocycles. The number of amides is 2. The Kier molecular flexibility index (Phi) is 2.62. The van der Waals surface area contributed by atoms with Gasteiger partial charge in [-0.3, -0.25) is 14.4 Å². The molecule has 0 bridgehead atoms. The van der Waals surface area contributed by atoms with E-state index in [1.807, 2.05) is 0 Å². The van der Waals surface area contributed by atoms with Gasteiger partial charge in [0, 0.05) is 25.2 Å². The maximum absolute atomic E-state index is 12.5. The lowest BCUT2D eigenvalue weighted by Crippen LogP contribution is -2.55. The summed E-state index contributed by atoms with van der Waals surface area (Å²) in [5, 5.41) is 2.68. The summed E-state index contributed by atoms with van der Waals surface area (Å²) in [6.45, 7) is 2.63. The maximum atomic E-state index is 12.5. The van der Waals surface area contributed by atoms with E-state index in [0.717, 1.165) is 0 Å². The van der Waals surface area contributed by atoms with Gasteiger partial charge in [-0.25, -0.2) is 4.98 Å². The van der Waals surface area contributed by atoms with Gasteiger partial charge in [0.15, 0.2) is 5.78 Å². The standard InChI is InChI=1S/C14H14N4O3/c1-7(19)14(18(3)8(2)20)9-4-11-12(16-6-15-11)5-10(9)17-13(14)21/h4-6H,1-3H3,(H,15,16)(H,17,21). The minimum atomic E-state index is -1.62. The molecule has 1 aromatic heterocycles. The fraction of sp³-hybridized carbons (Fsp3) is 0.286. The van der Waals surface area contributed by atoms with E-state index in [9.17, 15) is 14.4 Å².